The van der Waals surface area contributed by atoms with E-state index in [9.17, 15) is 4.79 Å². The van der Waals surface area contributed by atoms with Gasteiger partial charge in [-0.3, -0.25) is 4.79 Å². The number of hydrogen-bond donors (Lipinski definition) is 2. The fraction of sp³-hybridized carbons (Fsp3) is 0.889. The Bertz CT molecular complexity index is 216. The molecule has 1 unspecified atom stereocenters. The summed E-state index contributed by atoms with van der Waals surface area (Å²) in [5, 5.41) is 3.15. The van der Waals surface area contributed by atoms with Crippen molar-refractivity contribution in [2.75, 3.05) is 19.8 Å². The Morgan fingerprint density at radius 1 is 1.54 bits per heavy atom. The molecule has 0 bridgehead atoms. The summed E-state index contributed by atoms with van der Waals surface area (Å²) < 4.78 is 5.33. The number of ether oxygens (including phenoxy) is 1. The lowest BCUT2D eigenvalue weighted by Crippen LogP contribution is -2.63. The zero-order valence-electron chi connectivity index (χ0n) is 8.52. The van der Waals surface area contributed by atoms with Crippen LogP contribution in [0.3, 0.4) is 0 Å². The van der Waals surface area contributed by atoms with Gasteiger partial charge in [0.2, 0.25) is 5.91 Å². The molecule has 1 saturated heterocycles. The van der Waals surface area contributed by atoms with Crippen molar-refractivity contribution in [3.05, 3.63) is 0 Å². The largest absolute Gasteiger partial charge is 0.378 e. The Hall–Kier alpha value is -0.610. The first-order valence-corrected chi connectivity index (χ1v) is 4.59. The van der Waals surface area contributed by atoms with Crippen LogP contribution in [0.1, 0.15) is 20.8 Å². The van der Waals surface area contributed by atoms with E-state index in [0.29, 0.717) is 13.2 Å². The molecule has 1 fully saturated rings. The number of primary amides is 1. The number of likely N-dealkylation sites (N-methyl/N-ethyl adjacent to an activating group) is 1. The molecule has 1 atom stereocenters. The van der Waals surface area contributed by atoms with Crippen LogP contribution in [0.25, 0.3) is 0 Å². The second-order valence-corrected chi connectivity index (χ2v) is 4.18. The summed E-state index contributed by atoms with van der Waals surface area (Å²) in [6.45, 7) is 7.61. The van der Waals surface area contributed by atoms with E-state index in [0.717, 1.165) is 6.54 Å². The van der Waals surface area contributed by atoms with Gasteiger partial charge < -0.3 is 15.8 Å². The molecule has 3 N–H and O–H groups in total. The number of carbonyl (C=O) groups excluding carboxylic acids is 1. The van der Waals surface area contributed by atoms with Crippen LogP contribution in [0, 0.1) is 5.41 Å². The predicted octanol–water partition coefficient (Wildman–Crippen LogP) is -0.124. The SMILES string of the molecule is CCNC1(C(N)=O)COCC1(C)C. The molecular formula is C9H18N2O2. The van der Waals surface area contributed by atoms with E-state index in [-0.39, 0.29) is 11.3 Å². The number of hydrogen-bond acceptors (Lipinski definition) is 3. The Kier molecular flexibility index (Phi) is 2.63. The molecule has 0 aromatic carbocycles. The van der Waals surface area contributed by atoms with Crippen molar-refractivity contribution in [1.82, 2.24) is 5.32 Å². The summed E-state index contributed by atoms with van der Waals surface area (Å²) in [6, 6.07) is 0. The van der Waals surface area contributed by atoms with Crippen molar-refractivity contribution in [3.63, 3.8) is 0 Å². The second-order valence-electron chi connectivity index (χ2n) is 4.18. The zero-order valence-corrected chi connectivity index (χ0v) is 8.52. The molecular weight excluding hydrogens is 168 g/mol. The smallest absolute Gasteiger partial charge is 0.240 e. The molecule has 1 aliphatic rings. The predicted molar refractivity (Wildman–Crippen MR) is 50.2 cm³/mol. The van der Waals surface area contributed by atoms with Gasteiger partial charge in [0.25, 0.3) is 0 Å². The van der Waals surface area contributed by atoms with Crippen molar-refractivity contribution in [1.29, 1.82) is 0 Å². The van der Waals surface area contributed by atoms with Crippen LogP contribution in [0.4, 0.5) is 0 Å². The molecule has 0 spiro atoms. The van der Waals surface area contributed by atoms with Crippen LogP contribution in [0.15, 0.2) is 0 Å². The summed E-state index contributed by atoms with van der Waals surface area (Å²) in [4.78, 5) is 11.4. The van der Waals surface area contributed by atoms with E-state index < -0.39 is 5.54 Å². The lowest BCUT2D eigenvalue weighted by atomic mass is 9.74. The fourth-order valence-corrected chi connectivity index (χ4v) is 1.86. The normalized spacial score (nSPS) is 31.9. The maximum atomic E-state index is 11.4. The summed E-state index contributed by atoms with van der Waals surface area (Å²) in [5.74, 6) is -0.322. The minimum absolute atomic E-state index is 0.227. The van der Waals surface area contributed by atoms with Crippen LogP contribution in [-0.2, 0) is 9.53 Å². The van der Waals surface area contributed by atoms with E-state index in [4.69, 9.17) is 10.5 Å². The van der Waals surface area contributed by atoms with Crippen LogP contribution >= 0.6 is 0 Å². The molecule has 0 aromatic rings. The topological polar surface area (TPSA) is 64.3 Å². The average Bonchev–Trinajstić information content (AvgIpc) is 2.28. The average molecular weight is 186 g/mol. The fourth-order valence-electron chi connectivity index (χ4n) is 1.86. The summed E-state index contributed by atoms with van der Waals surface area (Å²) in [5.41, 5.74) is 4.49. The molecule has 76 valence electrons. The van der Waals surface area contributed by atoms with E-state index >= 15 is 0 Å². The third kappa shape index (κ3) is 1.44. The molecule has 4 heteroatoms. The monoisotopic (exact) mass is 186 g/mol. The van der Waals surface area contributed by atoms with Gasteiger partial charge in [-0.05, 0) is 6.54 Å². The van der Waals surface area contributed by atoms with Crippen molar-refractivity contribution in [3.8, 4) is 0 Å². The van der Waals surface area contributed by atoms with E-state index in [2.05, 4.69) is 5.32 Å². The first-order chi connectivity index (χ1) is 5.96. The molecule has 13 heavy (non-hydrogen) atoms. The first-order valence-electron chi connectivity index (χ1n) is 4.59. The van der Waals surface area contributed by atoms with Crippen LogP contribution < -0.4 is 11.1 Å². The van der Waals surface area contributed by atoms with Gasteiger partial charge in [-0.15, -0.1) is 0 Å². The highest BCUT2D eigenvalue weighted by atomic mass is 16.5. The summed E-state index contributed by atoms with van der Waals surface area (Å²) >= 11 is 0. The molecule has 1 aliphatic heterocycles. The Labute approximate surface area is 78.8 Å². The van der Waals surface area contributed by atoms with Gasteiger partial charge >= 0.3 is 0 Å². The van der Waals surface area contributed by atoms with Gasteiger partial charge in [0.15, 0.2) is 0 Å². The van der Waals surface area contributed by atoms with Gasteiger partial charge in [0.1, 0.15) is 5.54 Å². The molecule has 0 radical (unpaired) electrons. The highest BCUT2D eigenvalue weighted by Gasteiger charge is 2.54. The minimum atomic E-state index is -0.693. The summed E-state index contributed by atoms with van der Waals surface area (Å²) in [7, 11) is 0. The minimum Gasteiger partial charge on any atom is -0.378 e. The molecule has 4 nitrogen and oxygen atoms in total. The highest BCUT2D eigenvalue weighted by molar-refractivity contribution is 5.86. The van der Waals surface area contributed by atoms with Gasteiger partial charge in [0, 0.05) is 5.41 Å². The third-order valence-corrected chi connectivity index (χ3v) is 2.84. The highest BCUT2D eigenvalue weighted by Crippen LogP contribution is 2.36. The van der Waals surface area contributed by atoms with Crippen LogP contribution in [-0.4, -0.2) is 31.2 Å². The molecule has 1 amide bonds. The number of amides is 1. The molecule has 1 heterocycles. The number of nitrogens with one attached hydrogen (secondary N) is 1. The first kappa shape index (κ1) is 10.5. The van der Waals surface area contributed by atoms with Crippen LogP contribution in [0.5, 0.6) is 0 Å². The van der Waals surface area contributed by atoms with Crippen LogP contribution in [0.2, 0.25) is 0 Å². The van der Waals surface area contributed by atoms with Crippen molar-refractivity contribution < 1.29 is 9.53 Å². The lowest BCUT2D eigenvalue weighted by molar-refractivity contribution is -0.127. The molecule has 0 aliphatic carbocycles. The van der Waals surface area contributed by atoms with Gasteiger partial charge in [-0.1, -0.05) is 20.8 Å². The van der Waals surface area contributed by atoms with Gasteiger partial charge in [0.05, 0.1) is 13.2 Å². The van der Waals surface area contributed by atoms with E-state index in [1.165, 1.54) is 0 Å². The van der Waals surface area contributed by atoms with Crippen molar-refractivity contribution in [2.45, 2.75) is 26.3 Å². The second kappa shape index (κ2) is 3.27. The quantitative estimate of drug-likeness (QED) is 0.645. The Morgan fingerprint density at radius 2 is 2.15 bits per heavy atom. The molecule has 1 rings (SSSR count). The zero-order chi connectivity index (χ0) is 10.1. The third-order valence-electron chi connectivity index (χ3n) is 2.84. The maximum Gasteiger partial charge on any atom is 0.240 e. The molecule has 0 aromatic heterocycles. The Balaban J connectivity index is 2.96. The van der Waals surface area contributed by atoms with Crippen molar-refractivity contribution >= 4 is 5.91 Å². The lowest BCUT2D eigenvalue weighted by Gasteiger charge is -2.37. The van der Waals surface area contributed by atoms with Crippen molar-refractivity contribution in [2.24, 2.45) is 11.1 Å². The van der Waals surface area contributed by atoms with Gasteiger partial charge in [-0.2, -0.15) is 0 Å². The number of nitrogens with two attached hydrogens (primary N) is 1. The number of carbonyl (C=O) groups is 1. The van der Waals surface area contributed by atoms with E-state index in [1.54, 1.807) is 0 Å². The summed E-state index contributed by atoms with van der Waals surface area (Å²) in [6.07, 6.45) is 0. The standard InChI is InChI=1S/C9H18N2O2/c1-4-11-9(7(10)12)6-13-5-8(9,2)3/h11H,4-6H2,1-3H3,(H2,10,12). The maximum absolute atomic E-state index is 11.4. The Morgan fingerprint density at radius 3 is 2.46 bits per heavy atom. The van der Waals surface area contributed by atoms with Gasteiger partial charge in [-0.25, -0.2) is 0 Å². The molecule has 0 saturated carbocycles. The number of rotatable bonds is 3. The van der Waals surface area contributed by atoms with E-state index in [1.807, 2.05) is 20.8 Å².